The zero-order valence-corrected chi connectivity index (χ0v) is 14.9. The molecule has 0 aliphatic heterocycles. The number of benzene rings is 2. The quantitative estimate of drug-likeness (QED) is 0.737. The van der Waals surface area contributed by atoms with Crippen LogP contribution in [0, 0.1) is 5.82 Å². The van der Waals surface area contributed by atoms with Crippen LogP contribution in [0.25, 0.3) is 10.2 Å². The summed E-state index contributed by atoms with van der Waals surface area (Å²) in [6, 6.07) is 11.7. The van der Waals surface area contributed by atoms with Crippen LogP contribution in [0.4, 0.5) is 10.1 Å². The predicted molar refractivity (Wildman–Crippen MR) is 99.8 cm³/mol. The Kier molecular flexibility index (Phi) is 4.99. The van der Waals surface area contributed by atoms with E-state index in [0.29, 0.717) is 18.5 Å². The molecule has 25 heavy (non-hydrogen) atoms. The Bertz CT molecular complexity index is 958. The summed E-state index contributed by atoms with van der Waals surface area (Å²) < 4.78 is 15.5. The van der Waals surface area contributed by atoms with Gasteiger partial charge >= 0.3 is 4.87 Å². The fraction of sp³-hybridized carbons (Fsp3) is 0.263. The van der Waals surface area contributed by atoms with Crippen LogP contribution in [0.3, 0.4) is 0 Å². The minimum Gasteiger partial charge on any atom is -0.326 e. The van der Waals surface area contributed by atoms with Gasteiger partial charge in [0.2, 0.25) is 5.91 Å². The van der Waals surface area contributed by atoms with E-state index in [1.54, 1.807) is 16.7 Å². The van der Waals surface area contributed by atoms with Crippen molar-refractivity contribution in [3.63, 3.8) is 0 Å². The molecule has 2 aromatic carbocycles. The minimum absolute atomic E-state index is 0.00443. The van der Waals surface area contributed by atoms with Crippen LogP contribution >= 0.6 is 11.3 Å². The first-order chi connectivity index (χ1) is 11.9. The highest BCUT2D eigenvalue weighted by atomic mass is 32.1. The van der Waals surface area contributed by atoms with Gasteiger partial charge < -0.3 is 5.32 Å². The van der Waals surface area contributed by atoms with Gasteiger partial charge in [0.1, 0.15) is 5.82 Å². The molecule has 6 heteroatoms. The van der Waals surface area contributed by atoms with E-state index in [4.69, 9.17) is 0 Å². The highest BCUT2D eigenvalue weighted by molar-refractivity contribution is 7.16. The maximum Gasteiger partial charge on any atom is 0.308 e. The molecule has 0 atom stereocenters. The zero-order valence-electron chi connectivity index (χ0n) is 14.1. The Morgan fingerprint density at radius 1 is 1.20 bits per heavy atom. The summed E-state index contributed by atoms with van der Waals surface area (Å²) in [5.41, 5.74) is 2.47. The SMILES string of the molecule is CC(C)n1c(=O)sc2cc(NC(=O)CCc3ccc(F)cc3)ccc21. The monoisotopic (exact) mass is 358 g/mol. The summed E-state index contributed by atoms with van der Waals surface area (Å²) in [6.45, 7) is 3.94. The smallest absolute Gasteiger partial charge is 0.308 e. The largest absolute Gasteiger partial charge is 0.326 e. The average Bonchev–Trinajstić information content (AvgIpc) is 2.89. The van der Waals surface area contributed by atoms with Crippen molar-refractivity contribution in [3.05, 3.63) is 63.5 Å². The topological polar surface area (TPSA) is 51.1 Å². The van der Waals surface area contributed by atoms with Crippen LogP contribution in [-0.4, -0.2) is 10.5 Å². The molecule has 130 valence electrons. The second kappa shape index (κ2) is 7.19. The van der Waals surface area contributed by atoms with Gasteiger partial charge in [-0.25, -0.2) is 4.39 Å². The van der Waals surface area contributed by atoms with Crippen LogP contribution < -0.4 is 10.2 Å². The predicted octanol–water partition coefficient (Wildman–Crippen LogP) is 4.35. The molecule has 0 saturated heterocycles. The van der Waals surface area contributed by atoms with E-state index in [1.807, 2.05) is 32.0 Å². The summed E-state index contributed by atoms with van der Waals surface area (Å²) >= 11 is 1.18. The molecule has 0 saturated carbocycles. The molecule has 1 N–H and O–H groups in total. The lowest BCUT2D eigenvalue weighted by Gasteiger charge is -2.08. The Balaban J connectivity index is 1.69. The van der Waals surface area contributed by atoms with Gasteiger partial charge in [-0.2, -0.15) is 0 Å². The maximum absolute atomic E-state index is 12.9. The van der Waals surface area contributed by atoms with Crippen molar-refractivity contribution in [2.75, 3.05) is 5.32 Å². The van der Waals surface area contributed by atoms with Gasteiger partial charge in [-0.1, -0.05) is 23.5 Å². The second-order valence-electron chi connectivity index (χ2n) is 6.19. The number of aromatic nitrogens is 1. The first kappa shape index (κ1) is 17.4. The van der Waals surface area contributed by atoms with E-state index in [2.05, 4.69) is 5.32 Å². The molecule has 0 aliphatic rings. The number of hydrogen-bond acceptors (Lipinski definition) is 3. The van der Waals surface area contributed by atoms with Crippen molar-refractivity contribution < 1.29 is 9.18 Å². The van der Waals surface area contributed by atoms with Crippen LogP contribution in [0.5, 0.6) is 0 Å². The van der Waals surface area contributed by atoms with Gasteiger partial charge in [0.25, 0.3) is 0 Å². The Morgan fingerprint density at radius 3 is 2.60 bits per heavy atom. The van der Waals surface area contributed by atoms with Crippen molar-refractivity contribution in [2.24, 2.45) is 0 Å². The van der Waals surface area contributed by atoms with Crippen molar-refractivity contribution in [3.8, 4) is 0 Å². The van der Waals surface area contributed by atoms with E-state index < -0.39 is 0 Å². The number of halogens is 1. The number of thiazole rings is 1. The summed E-state index contributed by atoms with van der Waals surface area (Å²) in [7, 11) is 0. The number of nitrogens with zero attached hydrogens (tertiary/aromatic N) is 1. The molecule has 0 bridgehead atoms. The fourth-order valence-electron chi connectivity index (χ4n) is 2.74. The minimum atomic E-state index is -0.283. The van der Waals surface area contributed by atoms with E-state index >= 15 is 0 Å². The third-order valence-electron chi connectivity index (χ3n) is 3.97. The molecule has 3 rings (SSSR count). The molecule has 0 aliphatic carbocycles. The summed E-state index contributed by atoms with van der Waals surface area (Å²) in [4.78, 5) is 24.2. The third kappa shape index (κ3) is 3.96. The summed E-state index contributed by atoms with van der Waals surface area (Å²) in [6.07, 6.45) is 0.859. The summed E-state index contributed by atoms with van der Waals surface area (Å²) in [5, 5.41) is 2.86. The number of nitrogens with one attached hydrogen (secondary N) is 1. The molecule has 4 nitrogen and oxygen atoms in total. The Labute approximate surface area is 148 Å². The number of rotatable bonds is 5. The van der Waals surface area contributed by atoms with Crippen molar-refractivity contribution in [1.29, 1.82) is 0 Å². The van der Waals surface area contributed by atoms with Gasteiger partial charge in [-0.15, -0.1) is 0 Å². The number of aryl methyl sites for hydroxylation is 1. The number of amides is 1. The molecular formula is C19H19FN2O2S. The lowest BCUT2D eigenvalue weighted by Crippen LogP contribution is -2.14. The number of carbonyl (C=O) groups excluding carboxylic acids is 1. The van der Waals surface area contributed by atoms with Crippen LogP contribution in [-0.2, 0) is 11.2 Å². The molecule has 3 aromatic rings. The second-order valence-corrected chi connectivity index (χ2v) is 7.18. The van der Waals surface area contributed by atoms with Crippen molar-refractivity contribution in [2.45, 2.75) is 32.7 Å². The third-order valence-corrected chi connectivity index (χ3v) is 4.89. The number of anilines is 1. The fourth-order valence-corrected chi connectivity index (χ4v) is 3.79. The first-order valence-corrected chi connectivity index (χ1v) is 8.95. The van der Waals surface area contributed by atoms with Crippen LogP contribution in [0.2, 0.25) is 0 Å². The standard InChI is InChI=1S/C19H19FN2O2S/c1-12(2)22-16-9-8-15(11-17(16)25-19(22)24)21-18(23)10-5-13-3-6-14(20)7-4-13/h3-4,6-9,11-12H,5,10H2,1-2H3,(H,21,23). The van der Waals surface area contributed by atoms with Gasteiger partial charge in [0, 0.05) is 18.2 Å². The molecular weight excluding hydrogens is 339 g/mol. The van der Waals surface area contributed by atoms with E-state index in [9.17, 15) is 14.0 Å². The highest BCUT2D eigenvalue weighted by Gasteiger charge is 2.11. The Morgan fingerprint density at radius 2 is 1.92 bits per heavy atom. The van der Waals surface area contributed by atoms with Gasteiger partial charge in [-0.3, -0.25) is 14.2 Å². The number of carbonyl (C=O) groups is 1. The van der Waals surface area contributed by atoms with Crippen molar-refractivity contribution in [1.82, 2.24) is 4.57 Å². The molecule has 1 amide bonds. The number of fused-ring (bicyclic) bond motifs is 1. The zero-order chi connectivity index (χ0) is 18.0. The normalized spacial score (nSPS) is 11.2. The number of hydrogen-bond donors (Lipinski definition) is 1. The highest BCUT2D eigenvalue weighted by Crippen LogP contribution is 2.24. The lowest BCUT2D eigenvalue weighted by molar-refractivity contribution is -0.116. The Hall–Kier alpha value is -2.47. The first-order valence-electron chi connectivity index (χ1n) is 8.13. The summed E-state index contributed by atoms with van der Waals surface area (Å²) in [5.74, 6) is -0.395. The van der Waals surface area contributed by atoms with E-state index in [0.717, 1.165) is 15.8 Å². The van der Waals surface area contributed by atoms with Gasteiger partial charge in [0.15, 0.2) is 0 Å². The van der Waals surface area contributed by atoms with Gasteiger partial charge in [-0.05, 0) is 56.2 Å². The molecule has 0 fully saturated rings. The molecule has 1 aromatic heterocycles. The van der Waals surface area contributed by atoms with Crippen LogP contribution in [0.1, 0.15) is 31.9 Å². The molecule has 1 heterocycles. The van der Waals surface area contributed by atoms with Crippen LogP contribution in [0.15, 0.2) is 47.3 Å². The van der Waals surface area contributed by atoms with E-state index in [1.165, 1.54) is 23.5 Å². The lowest BCUT2D eigenvalue weighted by atomic mass is 10.1. The molecule has 0 spiro atoms. The maximum atomic E-state index is 12.9. The molecule has 0 unspecified atom stereocenters. The average molecular weight is 358 g/mol. The van der Waals surface area contributed by atoms with Crippen molar-refractivity contribution >= 4 is 33.1 Å². The van der Waals surface area contributed by atoms with Gasteiger partial charge in [0.05, 0.1) is 10.2 Å². The molecule has 0 radical (unpaired) electrons. The van der Waals surface area contributed by atoms with E-state index in [-0.39, 0.29) is 22.6 Å².